The minimum Gasteiger partial charge on any atom is -0.394 e. The Morgan fingerprint density at radius 2 is 1.92 bits per heavy atom. The van der Waals surface area contributed by atoms with Crippen molar-refractivity contribution in [2.45, 2.75) is 13.8 Å². The number of morpholine rings is 1. The summed E-state index contributed by atoms with van der Waals surface area (Å²) < 4.78 is 10.8. The van der Waals surface area contributed by atoms with Gasteiger partial charge in [0, 0.05) is 48.7 Å². The Kier molecular flexibility index (Phi) is 9.12. The monoisotopic (exact) mass is 524 g/mol. The summed E-state index contributed by atoms with van der Waals surface area (Å²) >= 11 is 1.65. The van der Waals surface area contributed by atoms with Crippen LogP contribution in [0.2, 0.25) is 0 Å². The molecule has 0 saturated carbocycles. The van der Waals surface area contributed by atoms with Crippen molar-refractivity contribution < 1.29 is 14.6 Å². The highest BCUT2D eigenvalue weighted by atomic mass is 32.1. The van der Waals surface area contributed by atoms with Crippen molar-refractivity contribution in [3.05, 3.63) is 52.3 Å². The van der Waals surface area contributed by atoms with Gasteiger partial charge in [-0.15, -0.1) is 11.3 Å². The van der Waals surface area contributed by atoms with Crippen LogP contribution in [-0.4, -0.2) is 89.3 Å². The first-order chi connectivity index (χ1) is 18.0. The maximum absolute atomic E-state index is 8.79. The number of amidine groups is 2. The molecule has 0 aromatic carbocycles. The number of aliphatic hydroxyl groups is 1. The number of nitrogens with one attached hydrogen (secondary N) is 2. The molecule has 37 heavy (non-hydrogen) atoms. The van der Waals surface area contributed by atoms with E-state index < -0.39 is 0 Å². The summed E-state index contributed by atoms with van der Waals surface area (Å²) in [6.07, 6.45) is 4.89. The third-order valence-electron chi connectivity index (χ3n) is 5.94. The van der Waals surface area contributed by atoms with Crippen LogP contribution in [0.3, 0.4) is 0 Å². The van der Waals surface area contributed by atoms with E-state index in [0.717, 1.165) is 38.1 Å². The maximum Gasteiger partial charge on any atom is 0.219 e. The van der Waals surface area contributed by atoms with Crippen LogP contribution in [0.4, 0.5) is 11.8 Å². The lowest BCUT2D eigenvalue weighted by atomic mass is 10.1. The summed E-state index contributed by atoms with van der Waals surface area (Å²) in [5, 5.41) is 20.6. The van der Waals surface area contributed by atoms with Crippen molar-refractivity contribution in [3.8, 4) is 10.4 Å². The van der Waals surface area contributed by atoms with E-state index in [1.54, 1.807) is 11.3 Å². The van der Waals surface area contributed by atoms with Crippen molar-refractivity contribution in [1.82, 2.24) is 19.9 Å². The summed E-state index contributed by atoms with van der Waals surface area (Å²) in [6, 6.07) is 3.99. The lowest BCUT2D eigenvalue weighted by Gasteiger charge is -2.29. The molecule has 0 aliphatic carbocycles. The normalized spacial score (nSPS) is 14.1. The summed E-state index contributed by atoms with van der Waals surface area (Å²) in [6.45, 7) is 8.25. The third kappa shape index (κ3) is 6.66. The number of anilines is 2. The standard InChI is InChI=1S/C25H32N8O3S/c1-16-17(2)22(37-21(16)18-3-4-20(29-13-18)28-5-9-35-12-8-34)24(33-6-10-36-11-7-33)32-23(26)19-14-30-25(27)31-15-19/h3-4,13-15,26,34H,5-12H2,1-2H3,(H,28,29)(H2,27,30,31)/b26-23?,32-24+. The Morgan fingerprint density at radius 3 is 2.59 bits per heavy atom. The average molecular weight is 525 g/mol. The van der Waals surface area contributed by atoms with Crippen molar-refractivity contribution in [2.75, 3.05) is 63.7 Å². The molecule has 0 amide bonds. The number of aliphatic hydroxyl groups excluding tert-OH is 1. The summed E-state index contributed by atoms with van der Waals surface area (Å²) in [5.41, 5.74) is 9.40. The van der Waals surface area contributed by atoms with Gasteiger partial charge in [0.1, 0.15) is 11.7 Å². The molecule has 3 aromatic rings. The molecule has 5 N–H and O–H groups in total. The lowest BCUT2D eigenvalue weighted by molar-refractivity contribution is 0.0684. The number of hydrogen-bond acceptors (Lipinski definition) is 10. The van der Waals surface area contributed by atoms with E-state index in [2.05, 4.69) is 39.0 Å². The van der Waals surface area contributed by atoms with Gasteiger partial charge in [0.15, 0.2) is 5.84 Å². The Hall–Kier alpha value is -3.45. The molecule has 0 bridgehead atoms. The molecule has 1 aliphatic rings. The lowest BCUT2D eigenvalue weighted by Crippen LogP contribution is -2.41. The molecule has 4 heterocycles. The molecule has 12 heteroatoms. The van der Waals surface area contributed by atoms with Crippen molar-refractivity contribution >= 4 is 34.8 Å². The number of pyridine rings is 1. The van der Waals surface area contributed by atoms with Crippen LogP contribution in [-0.2, 0) is 9.47 Å². The van der Waals surface area contributed by atoms with Gasteiger partial charge in [-0.2, -0.15) is 0 Å². The largest absolute Gasteiger partial charge is 0.394 e. The molecule has 4 rings (SSSR count). The van der Waals surface area contributed by atoms with E-state index in [4.69, 9.17) is 30.7 Å². The molecular formula is C25H32N8O3S. The second kappa shape index (κ2) is 12.7. The SMILES string of the molecule is Cc1c(/C(=N\C(=N)c2cnc(N)nc2)N2CCOCC2)sc(-c2ccc(NCCOCCO)nc2)c1C. The first kappa shape index (κ1) is 26.6. The van der Waals surface area contributed by atoms with E-state index in [0.29, 0.717) is 51.6 Å². The van der Waals surface area contributed by atoms with Gasteiger partial charge in [-0.3, -0.25) is 5.41 Å². The number of aliphatic imine (C=N–C) groups is 1. The van der Waals surface area contributed by atoms with Crippen LogP contribution < -0.4 is 11.1 Å². The predicted molar refractivity (Wildman–Crippen MR) is 146 cm³/mol. The Bertz CT molecular complexity index is 1220. The highest BCUT2D eigenvalue weighted by Gasteiger charge is 2.24. The highest BCUT2D eigenvalue weighted by molar-refractivity contribution is 7.17. The maximum atomic E-state index is 8.79. The molecule has 0 spiro atoms. The smallest absolute Gasteiger partial charge is 0.219 e. The van der Waals surface area contributed by atoms with Gasteiger partial charge in [0.25, 0.3) is 0 Å². The van der Waals surface area contributed by atoms with Gasteiger partial charge in [0.05, 0.1) is 43.5 Å². The summed E-state index contributed by atoms with van der Waals surface area (Å²) in [5.74, 6) is 1.75. The summed E-state index contributed by atoms with van der Waals surface area (Å²) in [4.78, 5) is 21.6. The topological polar surface area (TPSA) is 155 Å². The number of nitrogen functional groups attached to an aromatic ring is 1. The van der Waals surface area contributed by atoms with E-state index in [-0.39, 0.29) is 18.4 Å². The highest BCUT2D eigenvalue weighted by Crippen LogP contribution is 2.37. The molecule has 0 atom stereocenters. The molecule has 1 aliphatic heterocycles. The fourth-order valence-corrected chi connectivity index (χ4v) is 5.13. The molecule has 0 unspecified atom stereocenters. The van der Waals surface area contributed by atoms with Gasteiger partial charge in [0.2, 0.25) is 5.95 Å². The molecule has 196 valence electrons. The molecule has 0 radical (unpaired) electrons. The number of hydrogen-bond donors (Lipinski definition) is 4. The minimum absolute atomic E-state index is 0.0173. The Balaban J connectivity index is 1.60. The molecular weight excluding hydrogens is 492 g/mol. The molecule has 11 nitrogen and oxygen atoms in total. The first-order valence-corrected chi connectivity index (χ1v) is 12.9. The predicted octanol–water partition coefficient (Wildman–Crippen LogP) is 2.32. The fraction of sp³-hybridized carbons (Fsp3) is 0.400. The van der Waals surface area contributed by atoms with Gasteiger partial charge in [-0.1, -0.05) is 0 Å². The van der Waals surface area contributed by atoms with Crippen LogP contribution in [0.1, 0.15) is 21.6 Å². The summed E-state index contributed by atoms with van der Waals surface area (Å²) in [7, 11) is 0. The number of ether oxygens (including phenoxy) is 2. The van der Waals surface area contributed by atoms with E-state index in [9.17, 15) is 0 Å². The Labute approximate surface area is 219 Å². The average Bonchev–Trinajstić information content (AvgIpc) is 3.22. The zero-order chi connectivity index (χ0) is 26.2. The minimum atomic E-state index is 0.0173. The second-order valence-electron chi connectivity index (χ2n) is 8.42. The Morgan fingerprint density at radius 1 is 1.16 bits per heavy atom. The number of thiophene rings is 1. The number of nitrogens with zero attached hydrogens (tertiary/aromatic N) is 5. The molecule has 1 saturated heterocycles. The van der Waals surface area contributed by atoms with Crippen LogP contribution in [0.5, 0.6) is 0 Å². The van der Waals surface area contributed by atoms with Crippen molar-refractivity contribution in [1.29, 1.82) is 5.41 Å². The van der Waals surface area contributed by atoms with E-state index in [1.165, 1.54) is 12.4 Å². The van der Waals surface area contributed by atoms with Crippen molar-refractivity contribution in [3.63, 3.8) is 0 Å². The van der Waals surface area contributed by atoms with Gasteiger partial charge in [-0.25, -0.2) is 19.9 Å². The van der Waals surface area contributed by atoms with Crippen LogP contribution >= 0.6 is 11.3 Å². The quantitative estimate of drug-likeness (QED) is 0.187. The molecule has 1 fully saturated rings. The van der Waals surface area contributed by atoms with Crippen LogP contribution in [0.15, 0.2) is 35.7 Å². The number of aromatic nitrogens is 3. The van der Waals surface area contributed by atoms with Crippen LogP contribution in [0, 0.1) is 19.3 Å². The number of nitrogens with two attached hydrogens (primary N) is 1. The van der Waals surface area contributed by atoms with Crippen molar-refractivity contribution in [2.24, 2.45) is 4.99 Å². The van der Waals surface area contributed by atoms with Gasteiger partial charge in [-0.05, 0) is 37.1 Å². The van der Waals surface area contributed by atoms with E-state index in [1.807, 2.05) is 18.3 Å². The third-order valence-corrected chi connectivity index (χ3v) is 7.38. The molecule has 3 aromatic heterocycles. The first-order valence-electron chi connectivity index (χ1n) is 12.0. The second-order valence-corrected chi connectivity index (χ2v) is 9.44. The van der Waals surface area contributed by atoms with Crippen LogP contribution in [0.25, 0.3) is 10.4 Å². The number of rotatable bonds is 9. The zero-order valence-electron chi connectivity index (χ0n) is 21.0. The van der Waals surface area contributed by atoms with E-state index >= 15 is 0 Å². The van der Waals surface area contributed by atoms with Gasteiger partial charge < -0.3 is 30.5 Å². The van der Waals surface area contributed by atoms with Gasteiger partial charge >= 0.3 is 0 Å². The zero-order valence-corrected chi connectivity index (χ0v) is 21.8. The fourth-order valence-electron chi connectivity index (χ4n) is 3.81.